The van der Waals surface area contributed by atoms with Crippen molar-refractivity contribution in [3.05, 3.63) is 211 Å². The van der Waals surface area contributed by atoms with Crippen molar-refractivity contribution in [1.29, 1.82) is 0 Å². The van der Waals surface area contributed by atoms with Crippen molar-refractivity contribution in [1.82, 2.24) is 4.57 Å². The predicted octanol–water partition coefficient (Wildman–Crippen LogP) is 12.8. The van der Waals surface area contributed by atoms with Gasteiger partial charge in [-0.3, -0.25) is 0 Å². The molecule has 0 radical (unpaired) electrons. The summed E-state index contributed by atoms with van der Waals surface area (Å²) in [6.45, 7) is 0. The lowest BCUT2D eigenvalue weighted by molar-refractivity contribution is 1.23. The van der Waals surface area contributed by atoms with Crippen molar-refractivity contribution in [3.8, 4) is 22.3 Å². The number of para-hydroxylation sites is 2. The molecule has 1 aromatic heterocycles. The molecule has 7 aromatic carbocycles. The highest BCUT2D eigenvalue weighted by Crippen LogP contribution is 2.40. The van der Waals surface area contributed by atoms with E-state index in [0.717, 1.165) is 44.9 Å². The first-order chi connectivity index (χ1) is 24.8. The molecule has 1 heterocycles. The fourth-order valence-electron chi connectivity index (χ4n) is 6.96. The topological polar surface area (TPSA) is 8.17 Å². The summed E-state index contributed by atoms with van der Waals surface area (Å²) in [6.07, 6.45) is 4.29. The lowest BCUT2D eigenvalue weighted by Gasteiger charge is -2.26. The van der Waals surface area contributed by atoms with Gasteiger partial charge >= 0.3 is 0 Å². The molecule has 2 heteroatoms. The molecule has 0 unspecified atom stereocenters. The van der Waals surface area contributed by atoms with Crippen LogP contribution in [0, 0.1) is 0 Å². The first-order valence-corrected chi connectivity index (χ1v) is 16.9. The molecule has 2 nitrogen and oxygen atoms in total. The number of hydrogen-bond donors (Lipinski definition) is 0. The molecule has 0 aliphatic heterocycles. The van der Waals surface area contributed by atoms with Crippen LogP contribution in [0.5, 0.6) is 0 Å². The van der Waals surface area contributed by atoms with Gasteiger partial charge in [0, 0.05) is 33.4 Å². The molecule has 0 spiro atoms. The van der Waals surface area contributed by atoms with Crippen LogP contribution in [0.1, 0.15) is 5.56 Å². The van der Waals surface area contributed by atoms with Gasteiger partial charge in [0.15, 0.2) is 0 Å². The molecule has 0 amide bonds. The van der Waals surface area contributed by atoms with Gasteiger partial charge in [0.2, 0.25) is 0 Å². The number of fused-ring (bicyclic) bond motifs is 3. The second kappa shape index (κ2) is 12.7. The monoisotopic (exact) mass is 636 g/mol. The molecule has 0 N–H and O–H groups in total. The van der Waals surface area contributed by atoms with Gasteiger partial charge in [0.05, 0.1) is 16.7 Å². The molecule has 1 aliphatic carbocycles. The van der Waals surface area contributed by atoms with E-state index < -0.39 is 0 Å². The molecule has 9 rings (SSSR count). The maximum Gasteiger partial charge on any atom is 0.0974 e. The summed E-state index contributed by atoms with van der Waals surface area (Å²) in [5.41, 5.74) is 20.4. The zero-order valence-corrected chi connectivity index (χ0v) is 27.4. The van der Waals surface area contributed by atoms with Gasteiger partial charge in [-0.05, 0) is 88.2 Å². The molecule has 50 heavy (non-hydrogen) atoms. The van der Waals surface area contributed by atoms with Crippen LogP contribution in [0.15, 0.2) is 206 Å². The Bertz CT molecular complexity index is 2610. The van der Waals surface area contributed by atoms with Crippen molar-refractivity contribution in [2.75, 3.05) is 4.90 Å². The normalized spacial score (nSPS) is 12.2. The Kier molecular flexibility index (Phi) is 7.42. The van der Waals surface area contributed by atoms with E-state index in [2.05, 4.69) is 209 Å². The quantitative estimate of drug-likeness (QED) is 0.158. The molecule has 0 atom stereocenters. The zero-order valence-electron chi connectivity index (χ0n) is 27.4. The first-order valence-electron chi connectivity index (χ1n) is 16.9. The minimum atomic E-state index is 0.960. The van der Waals surface area contributed by atoms with E-state index in [1.54, 1.807) is 0 Å². The van der Waals surface area contributed by atoms with Crippen LogP contribution in [0.25, 0.3) is 55.3 Å². The highest BCUT2D eigenvalue weighted by Gasteiger charge is 2.18. The summed E-state index contributed by atoms with van der Waals surface area (Å²) in [5, 5.41) is 2.41. The molecular formula is C48H32N2. The van der Waals surface area contributed by atoms with Gasteiger partial charge < -0.3 is 9.47 Å². The Hall–Kier alpha value is -6.82. The highest BCUT2D eigenvalue weighted by molar-refractivity contribution is 6.11. The van der Waals surface area contributed by atoms with Crippen molar-refractivity contribution >= 4 is 50.1 Å². The van der Waals surface area contributed by atoms with Gasteiger partial charge in [-0.15, -0.1) is 0 Å². The maximum atomic E-state index is 3.49. The van der Waals surface area contributed by atoms with E-state index >= 15 is 0 Å². The van der Waals surface area contributed by atoms with Crippen LogP contribution in [0.4, 0.5) is 17.1 Å². The Morgan fingerprint density at radius 2 is 0.860 bits per heavy atom. The standard InChI is InChI=1S/C48H32N2/c1-4-12-35(13-5-1)37-20-22-38(23-21-37)40-24-28-42(29-25-40)49(41-16-8-3-9-17-41)44-32-33-46-45-18-10-11-19-47(45)50(48(46)34-44)43-30-26-39(27-31-43)36-14-6-2-7-15-36/h1-26,28-30,32-34H. The average Bonchev–Trinajstić information content (AvgIpc) is 3.53. The van der Waals surface area contributed by atoms with Gasteiger partial charge in [-0.2, -0.15) is 0 Å². The lowest BCUT2D eigenvalue weighted by atomic mass is 10.00. The number of hydrogen-bond acceptors (Lipinski definition) is 1. The van der Waals surface area contributed by atoms with Gasteiger partial charge in [-0.25, -0.2) is 0 Å². The SMILES string of the molecule is C1=C=C(n2c3ccccc3c3ccc(N(c4ccccc4)c4ccc(-c5ccc(-c6ccccc6)cc5)cc4)cc32)C=CC=1c1ccccc1. The van der Waals surface area contributed by atoms with E-state index in [4.69, 9.17) is 0 Å². The summed E-state index contributed by atoms with van der Waals surface area (Å²) in [7, 11) is 0. The van der Waals surface area contributed by atoms with E-state index in [0.29, 0.717) is 0 Å². The van der Waals surface area contributed by atoms with Gasteiger partial charge in [0.25, 0.3) is 0 Å². The number of allylic oxidation sites excluding steroid dienone is 4. The number of nitrogens with zero attached hydrogens (tertiary/aromatic N) is 2. The van der Waals surface area contributed by atoms with Crippen molar-refractivity contribution in [2.45, 2.75) is 0 Å². The molecule has 8 aromatic rings. The second-order valence-electron chi connectivity index (χ2n) is 12.5. The largest absolute Gasteiger partial charge is 0.310 e. The average molecular weight is 637 g/mol. The highest BCUT2D eigenvalue weighted by atomic mass is 15.1. The molecule has 234 valence electrons. The number of aromatic nitrogens is 1. The third-order valence-electron chi connectivity index (χ3n) is 9.44. The second-order valence-corrected chi connectivity index (χ2v) is 12.5. The minimum Gasteiger partial charge on any atom is -0.310 e. The third kappa shape index (κ3) is 5.38. The molecule has 0 bridgehead atoms. The van der Waals surface area contributed by atoms with Gasteiger partial charge in [-0.1, -0.05) is 145 Å². The number of anilines is 3. The minimum absolute atomic E-state index is 0.960. The Labute approximate surface area is 292 Å². The summed E-state index contributed by atoms with van der Waals surface area (Å²) in [4.78, 5) is 2.33. The molecule has 1 aliphatic rings. The van der Waals surface area contributed by atoms with Crippen molar-refractivity contribution in [3.63, 3.8) is 0 Å². The van der Waals surface area contributed by atoms with E-state index in [1.807, 2.05) is 6.07 Å². The van der Waals surface area contributed by atoms with E-state index in [-0.39, 0.29) is 0 Å². The van der Waals surface area contributed by atoms with Crippen LogP contribution in [0.2, 0.25) is 0 Å². The van der Waals surface area contributed by atoms with Crippen LogP contribution >= 0.6 is 0 Å². The Morgan fingerprint density at radius 3 is 1.50 bits per heavy atom. The molecule has 0 saturated heterocycles. The fourth-order valence-corrected chi connectivity index (χ4v) is 6.96. The zero-order chi connectivity index (χ0) is 33.3. The van der Waals surface area contributed by atoms with E-state index in [9.17, 15) is 0 Å². The fraction of sp³-hybridized carbons (Fsp3) is 0. The Balaban J connectivity index is 1.14. The van der Waals surface area contributed by atoms with Crippen molar-refractivity contribution in [2.24, 2.45) is 0 Å². The van der Waals surface area contributed by atoms with Crippen LogP contribution in [0.3, 0.4) is 0 Å². The van der Waals surface area contributed by atoms with Crippen LogP contribution < -0.4 is 4.90 Å². The predicted molar refractivity (Wildman–Crippen MR) is 211 cm³/mol. The number of rotatable bonds is 7. The summed E-state index contributed by atoms with van der Waals surface area (Å²) < 4.78 is 2.31. The third-order valence-corrected chi connectivity index (χ3v) is 9.44. The molecular weight excluding hydrogens is 605 g/mol. The Morgan fingerprint density at radius 1 is 0.360 bits per heavy atom. The summed E-state index contributed by atoms with van der Waals surface area (Å²) in [6, 6.07) is 64.6. The number of benzene rings is 7. The molecule has 0 saturated carbocycles. The summed E-state index contributed by atoms with van der Waals surface area (Å²) >= 11 is 0. The summed E-state index contributed by atoms with van der Waals surface area (Å²) in [5.74, 6) is 0. The van der Waals surface area contributed by atoms with Crippen molar-refractivity contribution < 1.29 is 0 Å². The smallest absolute Gasteiger partial charge is 0.0974 e. The lowest BCUT2D eigenvalue weighted by Crippen LogP contribution is -2.10. The van der Waals surface area contributed by atoms with Crippen LogP contribution in [-0.2, 0) is 0 Å². The first kappa shape index (κ1) is 29.3. The van der Waals surface area contributed by atoms with Gasteiger partial charge in [0.1, 0.15) is 0 Å². The van der Waals surface area contributed by atoms with E-state index in [1.165, 1.54) is 33.0 Å². The van der Waals surface area contributed by atoms with Crippen LogP contribution in [-0.4, -0.2) is 4.57 Å². The maximum absolute atomic E-state index is 3.49. The molecule has 0 fully saturated rings.